The molecule has 3 rings (SSSR count). The topological polar surface area (TPSA) is 77.7 Å². The van der Waals surface area contributed by atoms with Crippen LogP contribution in [-0.4, -0.2) is 34.9 Å². The van der Waals surface area contributed by atoms with Crippen LogP contribution in [0, 0.1) is 0 Å². The summed E-state index contributed by atoms with van der Waals surface area (Å²) in [6.07, 6.45) is 3.07. The molecule has 1 atom stereocenters. The fourth-order valence-corrected chi connectivity index (χ4v) is 3.01. The van der Waals surface area contributed by atoms with Crippen LogP contribution in [0.1, 0.15) is 34.4 Å². The highest BCUT2D eigenvalue weighted by Crippen LogP contribution is 2.23. The van der Waals surface area contributed by atoms with Crippen molar-refractivity contribution in [3.8, 4) is 11.5 Å². The van der Waals surface area contributed by atoms with Gasteiger partial charge in [0.2, 0.25) is 5.89 Å². The first-order chi connectivity index (χ1) is 12.6. The summed E-state index contributed by atoms with van der Waals surface area (Å²) in [6.45, 7) is 2.04. The lowest BCUT2D eigenvalue weighted by atomic mass is 10.3. The average Bonchev–Trinajstić information content (AvgIpc) is 3.36. The summed E-state index contributed by atoms with van der Waals surface area (Å²) in [5, 5.41) is 2.75. The van der Waals surface area contributed by atoms with Crippen molar-refractivity contribution < 1.29 is 18.7 Å². The molecule has 2 heterocycles. The van der Waals surface area contributed by atoms with E-state index in [1.165, 1.54) is 17.6 Å². The van der Waals surface area contributed by atoms with E-state index >= 15 is 0 Å². The second-order valence-electron chi connectivity index (χ2n) is 5.56. The van der Waals surface area contributed by atoms with Crippen molar-refractivity contribution in [1.82, 2.24) is 14.9 Å². The fraction of sp³-hybridized carbons (Fsp3) is 0.278. The predicted octanol–water partition coefficient (Wildman–Crippen LogP) is 3.55. The molecule has 0 saturated heterocycles. The van der Waals surface area contributed by atoms with E-state index in [0.29, 0.717) is 17.4 Å². The second kappa shape index (κ2) is 8.01. The van der Waals surface area contributed by atoms with Crippen LogP contribution in [0.5, 0.6) is 11.5 Å². The summed E-state index contributed by atoms with van der Waals surface area (Å²) >= 11 is 1.51. The van der Waals surface area contributed by atoms with E-state index in [2.05, 4.69) is 9.97 Å². The molecule has 0 aliphatic heterocycles. The molecular weight excluding hydrogens is 354 g/mol. The number of ether oxygens (including phenoxy) is 2. The van der Waals surface area contributed by atoms with Crippen molar-refractivity contribution in [2.75, 3.05) is 14.2 Å². The fourth-order valence-electron chi connectivity index (χ4n) is 2.27. The van der Waals surface area contributed by atoms with Gasteiger partial charge in [-0.15, -0.1) is 11.3 Å². The number of methoxy groups -OCH3 is 1. The Morgan fingerprint density at radius 1 is 1.38 bits per heavy atom. The molecule has 0 saturated carbocycles. The minimum Gasteiger partial charge on any atom is -0.497 e. The third-order valence-electron chi connectivity index (χ3n) is 3.88. The standard InChI is InChI=1S/C18H19N3O4S/c1-12(17-19-7-8-26-17)21(2)18(22)15-10-25-16(20-15)11-24-14-6-4-5-13(9-14)23-3/h4-10,12H,11H2,1-3H3/t12-/m1/s1. The summed E-state index contributed by atoms with van der Waals surface area (Å²) in [7, 11) is 3.31. The molecule has 3 aromatic rings. The predicted molar refractivity (Wildman–Crippen MR) is 96.5 cm³/mol. The number of aromatic nitrogens is 2. The molecule has 0 spiro atoms. The van der Waals surface area contributed by atoms with E-state index in [1.54, 1.807) is 37.4 Å². The number of thiazole rings is 1. The van der Waals surface area contributed by atoms with Gasteiger partial charge in [0.05, 0.1) is 13.2 Å². The second-order valence-corrected chi connectivity index (χ2v) is 6.48. The van der Waals surface area contributed by atoms with Crippen LogP contribution < -0.4 is 9.47 Å². The molecule has 7 nitrogen and oxygen atoms in total. The van der Waals surface area contributed by atoms with Gasteiger partial charge in [0.15, 0.2) is 12.3 Å². The number of carbonyl (C=O) groups excluding carboxylic acids is 1. The minimum absolute atomic E-state index is 0.117. The molecule has 136 valence electrons. The Bertz CT molecular complexity index is 863. The van der Waals surface area contributed by atoms with E-state index in [1.807, 2.05) is 24.4 Å². The molecule has 0 aliphatic carbocycles. The summed E-state index contributed by atoms with van der Waals surface area (Å²) in [5.74, 6) is 1.42. The molecule has 0 N–H and O–H groups in total. The molecule has 2 aromatic heterocycles. The van der Waals surface area contributed by atoms with Crippen LogP contribution in [0.25, 0.3) is 0 Å². The van der Waals surface area contributed by atoms with Crippen LogP contribution in [-0.2, 0) is 6.61 Å². The normalized spacial score (nSPS) is 11.8. The lowest BCUT2D eigenvalue weighted by Gasteiger charge is -2.21. The summed E-state index contributed by atoms with van der Waals surface area (Å²) in [6, 6.07) is 7.08. The quantitative estimate of drug-likeness (QED) is 0.630. The first-order valence-corrected chi connectivity index (χ1v) is 8.84. The maximum Gasteiger partial charge on any atom is 0.276 e. The van der Waals surface area contributed by atoms with Gasteiger partial charge < -0.3 is 18.8 Å². The van der Waals surface area contributed by atoms with Crippen LogP contribution in [0.3, 0.4) is 0 Å². The Morgan fingerprint density at radius 3 is 2.92 bits per heavy atom. The Balaban J connectivity index is 1.62. The van der Waals surface area contributed by atoms with E-state index < -0.39 is 0 Å². The van der Waals surface area contributed by atoms with Gasteiger partial charge in [0.25, 0.3) is 5.91 Å². The smallest absolute Gasteiger partial charge is 0.276 e. The number of hydrogen-bond donors (Lipinski definition) is 0. The third-order valence-corrected chi connectivity index (χ3v) is 4.83. The summed E-state index contributed by atoms with van der Waals surface area (Å²) in [4.78, 5) is 22.6. The summed E-state index contributed by atoms with van der Waals surface area (Å²) < 4.78 is 16.1. The number of amides is 1. The Labute approximate surface area is 155 Å². The number of oxazole rings is 1. The average molecular weight is 373 g/mol. The first-order valence-electron chi connectivity index (χ1n) is 7.96. The Kier molecular flexibility index (Phi) is 5.52. The zero-order chi connectivity index (χ0) is 18.5. The molecule has 0 fully saturated rings. The number of carbonyl (C=O) groups is 1. The molecule has 0 radical (unpaired) electrons. The van der Waals surface area contributed by atoms with Crippen molar-refractivity contribution in [2.45, 2.75) is 19.6 Å². The third kappa shape index (κ3) is 4.02. The van der Waals surface area contributed by atoms with Gasteiger partial charge in [0.1, 0.15) is 22.8 Å². The zero-order valence-electron chi connectivity index (χ0n) is 14.7. The van der Waals surface area contributed by atoms with Crippen molar-refractivity contribution in [3.63, 3.8) is 0 Å². The van der Waals surface area contributed by atoms with Gasteiger partial charge >= 0.3 is 0 Å². The number of nitrogens with zero attached hydrogens (tertiary/aromatic N) is 3. The van der Waals surface area contributed by atoms with Gasteiger partial charge in [-0.3, -0.25) is 4.79 Å². The molecule has 0 unspecified atom stereocenters. The number of rotatable bonds is 7. The van der Waals surface area contributed by atoms with Gasteiger partial charge in [-0.2, -0.15) is 0 Å². The lowest BCUT2D eigenvalue weighted by molar-refractivity contribution is 0.0736. The van der Waals surface area contributed by atoms with Gasteiger partial charge in [-0.05, 0) is 19.1 Å². The minimum atomic E-state index is -0.232. The van der Waals surface area contributed by atoms with Crippen LogP contribution in [0.4, 0.5) is 0 Å². The molecule has 0 bridgehead atoms. The molecule has 8 heteroatoms. The lowest BCUT2D eigenvalue weighted by Crippen LogP contribution is -2.29. The monoisotopic (exact) mass is 373 g/mol. The molecular formula is C18H19N3O4S. The van der Waals surface area contributed by atoms with Gasteiger partial charge in [-0.25, -0.2) is 9.97 Å². The first kappa shape index (κ1) is 17.9. The zero-order valence-corrected chi connectivity index (χ0v) is 15.5. The maximum absolute atomic E-state index is 12.6. The van der Waals surface area contributed by atoms with Crippen LogP contribution in [0.15, 0.2) is 46.5 Å². The number of hydrogen-bond acceptors (Lipinski definition) is 7. The summed E-state index contributed by atoms with van der Waals surface area (Å²) in [5.41, 5.74) is 0.236. The van der Waals surface area contributed by atoms with Crippen molar-refractivity contribution >= 4 is 17.2 Å². The van der Waals surface area contributed by atoms with Crippen molar-refractivity contribution in [1.29, 1.82) is 0 Å². The largest absolute Gasteiger partial charge is 0.497 e. The van der Waals surface area contributed by atoms with Crippen LogP contribution >= 0.6 is 11.3 Å². The Hall–Kier alpha value is -2.87. The number of benzene rings is 1. The van der Waals surface area contributed by atoms with Crippen molar-refractivity contribution in [2.24, 2.45) is 0 Å². The highest BCUT2D eigenvalue weighted by atomic mass is 32.1. The molecule has 1 amide bonds. The maximum atomic E-state index is 12.6. The highest BCUT2D eigenvalue weighted by Gasteiger charge is 2.23. The SMILES string of the molecule is COc1cccc(OCc2nc(C(=O)N(C)[C@H](C)c3nccs3)co2)c1. The van der Waals surface area contributed by atoms with Crippen LogP contribution in [0.2, 0.25) is 0 Å². The van der Waals surface area contributed by atoms with E-state index in [9.17, 15) is 4.79 Å². The van der Waals surface area contributed by atoms with Gasteiger partial charge in [-0.1, -0.05) is 6.07 Å². The van der Waals surface area contributed by atoms with E-state index in [4.69, 9.17) is 13.9 Å². The molecule has 0 aliphatic rings. The highest BCUT2D eigenvalue weighted by molar-refractivity contribution is 7.09. The molecule has 26 heavy (non-hydrogen) atoms. The Morgan fingerprint density at radius 2 is 2.19 bits per heavy atom. The van der Waals surface area contributed by atoms with Crippen molar-refractivity contribution in [3.05, 3.63) is 58.7 Å². The van der Waals surface area contributed by atoms with E-state index in [-0.39, 0.29) is 24.2 Å². The van der Waals surface area contributed by atoms with E-state index in [0.717, 1.165) is 5.01 Å². The molecule has 1 aromatic carbocycles. The van der Waals surface area contributed by atoms with Gasteiger partial charge in [0, 0.05) is 24.7 Å².